The molecule has 0 atom stereocenters. The highest BCUT2D eigenvalue weighted by molar-refractivity contribution is 5.40. The molecule has 0 N–H and O–H groups in total. The highest BCUT2D eigenvalue weighted by Crippen LogP contribution is 2.23. The Bertz CT molecular complexity index is 304. The largest absolute Gasteiger partial charge is 0.0839 e. The molecule has 1 rings (SSSR count). The highest BCUT2D eigenvalue weighted by Gasteiger charge is 2.03. The molecule has 0 radical (unpaired) electrons. The maximum atomic E-state index is 2.40. The Morgan fingerprint density at radius 3 is 2.26 bits per heavy atom. The fraction of sp³-hybridized carbons (Fsp3) is 0.684. The van der Waals surface area contributed by atoms with Gasteiger partial charge in [0, 0.05) is 0 Å². The van der Waals surface area contributed by atoms with E-state index in [2.05, 4.69) is 38.2 Å². The molecule has 0 aromatic carbocycles. The normalized spacial score (nSPS) is 15.7. The summed E-state index contributed by atoms with van der Waals surface area (Å²) in [6.07, 6.45) is 24.3. The van der Waals surface area contributed by atoms with Crippen molar-refractivity contribution in [2.24, 2.45) is 0 Å². The Hall–Kier alpha value is -0.780. The first-order valence-corrected chi connectivity index (χ1v) is 8.40. The molecule has 0 amide bonds. The van der Waals surface area contributed by atoms with E-state index in [-0.39, 0.29) is 0 Å². The standard InChI is InChI=1S/C19H32/c1-3-5-6-7-8-9-10-12-15-18(4-2)19-16-13-11-14-17-19/h4,13,16-17H,3,5-12,14-15H2,1-2H3/b18-4+. The van der Waals surface area contributed by atoms with Crippen molar-refractivity contribution in [3.63, 3.8) is 0 Å². The van der Waals surface area contributed by atoms with Crippen LogP contribution in [0.15, 0.2) is 35.5 Å². The lowest BCUT2D eigenvalue weighted by Gasteiger charge is -2.11. The van der Waals surface area contributed by atoms with Gasteiger partial charge in [0.05, 0.1) is 0 Å². The molecule has 0 spiro atoms. The van der Waals surface area contributed by atoms with E-state index in [0.717, 1.165) is 0 Å². The molecule has 0 aliphatic heterocycles. The zero-order chi connectivity index (χ0) is 13.8. The molecule has 0 fully saturated rings. The Morgan fingerprint density at radius 2 is 1.68 bits per heavy atom. The Kier molecular flexibility index (Phi) is 9.49. The van der Waals surface area contributed by atoms with Crippen LogP contribution < -0.4 is 0 Å². The van der Waals surface area contributed by atoms with E-state index in [4.69, 9.17) is 0 Å². The Balaban J connectivity index is 2.07. The highest BCUT2D eigenvalue weighted by atomic mass is 14.1. The minimum absolute atomic E-state index is 1.22. The van der Waals surface area contributed by atoms with Gasteiger partial charge in [0.15, 0.2) is 0 Å². The molecule has 0 unspecified atom stereocenters. The number of hydrogen-bond acceptors (Lipinski definition) is 0. The monoisotopic (exact) mass is 260 g/mol. The fourth-order valence-electron chi connectivity index (χ4n) is 2.76. The van der Waals surface area contributed by atoms with Gasteiger partial charge in [-0.25, -0.2) is 0 Å². The lowest BCUT2D eigenvalue weighted by molar-refractivity contribution is 0.575. The van der Waals surface area contributed by atoms with E-state index in [1.165, 1.54) is 76.2 Å². The van der Waals surface area contributed by atoms with Crippen molar-refractivity contribution in [1.82, 2.24) is 0 Å². The van der Waals surface area contributed by atoms with E-state index in [0.29, 0.717) is 0 Å². The third-order valence-corrected chi connectivity index (χ3v) is 4.01. The topological polar surface area (TPSA) is 0 Å². The molecular formula is C19H32. The van der Waals surface area contributed by atoms with Gasteiger partial charge in [-0.15, -0.1) is 0 Å². The van der Waals surface area contributed by atoms with Crippen LogP contribution in [0.1, 0.15) is 84.5 Å². The van der Waals surface area contributed by atoms with Crippen molar-refractivity contribution in [3.8, 4) is 0 Å². The third-order valence-electron chi connectivity index (χ3n) is 4.01. The summed E-state index contributed by atoms with van der Waals surface area (Å²) < 4.78 is 0. The summed E-state index contributed by atoms with van der Waals surface area (Å²) in [5, 5.41) is 0. The van der Waals surface area contributed by atoms with Crippen LogP contribution in [0.2, 0.25) is 0 Å². The zero-order valence-corrected chi connectivity index (χ0v) is 13.1. The first-order chi connectivity index (χ1) is 9.38. The molecule has 0 aromatic heterocycles. The maximum Gasteiger partial charge on any atom is -0.0271 e. The first-order valence-electron chi connectivity index (χ1n) is 8.40. The van der Waals surface area contributed by atoms with E-state index < -0.39 is 0 Å². The van der Waals surface area contributed by atoms with Gasteiger partial charge in [0.2, 0.25) is 0 Å². The molecule has 1 aliphatic rings. The Morgan fingerprint density at radius 1 is 1.00 bits per heavy atom. The first kappa shape index (κ1) is 16.3. The van der Waals surface area contributed by atoms with Crippen molar-refractivity contribution in [2.75, 3.05) is 0 Å². The molecule has 0 saturated carbocycles. The Labute approximate surface area is 120 Å². The summed E-state index contributed by atoms with van der Waals surface area (Å²) in [5.74, 6) is 0. The van der Waals surface area contributed by atoms with Gasteiger partial charge in [-0.1, -0.05) is 76.2 Å². The van der Waals surface area contributed by atoms with E-state index in [9.17, 15) is 0 Å². The van der Waals surface area contributed by atoms with Gasteiger partial charge < -0.3 is 0 Å². The lowest BCUT2D eigenvalue weighted by Crippen LogP contribution is -1.91. The summed E-state index contributed by atoms with van der Waals surface area (Å²) in [6.45, 7) is 4.47. The summed E-state index contributed by atoms with van der Waals surface area (Å²) in [7, 11) is 0. The summed E-state index contributed by atoms with van der Waals surface area (Å²) in [5.41, 5.74) is 3.04. The van der Waals surface area contributed by atoms with E-state index in [1.807, 2.05) is 0 Å². The van der Waals surface area contributed by atoms with Crippen LogP contribution in [0.5, 0.6) is 0 Å². The minimum atomic E-state index is 1.22. The van der Waals surface area contributed by atoms with Crippen molar-refractivity contribution < 1.29 is 0 Å². The molecule has 0 aromatic rings. The van der Waals surface area contributed by atoms with Crippen LogP contribution in [0.3, 0.4) is 0 Å². The second-order valence-electron chi connectivity index (χ2n) is 5.68. The molecule has 1 aliphatic carbocycles. The number of unbranched alkanes of at least 4 members (excludes halogenated alkanes) is 7. The number of rotatable bonds is 10. The summed E-state index contributed by atoms with van der Waals surface area (Å²) in [4.78, 5) is 0. The fourth-order valence-corrected chi connectivity index (χ4v) is 2.76. The van der Waals surface area contributed by atoms with Crippen LogP contribution in [-0.4, -0.2) is 0 Å². The quantitative estimate of drug-likeness (QED) is 0.381. The van der Waals surface area contributed by atoms with Gasteiger partial charge in [-0.2, -0.15) is 0 Å². The van der Waals surface area contributed by atoms with Crippen LogP contribution in [0.4, 0.5) is 0 Å². The van der Waals surface area contributed by atoms with Crippen LogP contribution in [0.25, 0.3) is 0 Å². The average molecular weight is 260 g/mol. The van der Waals surface area contributed by atoms with Crippen molar-refractivity contribution in [1.29, 1.82) is 0 Å². The van der Waals surface area contributed by atoms with Crippen molar-refractivity contribution in [3.05, 3.63) is 35.5 Å². The molecule has 0 bridgehead atoms. The molecule has 19 heavy (non-hydrogen) atoms. The average Bonchev–Trinajstić information content (AvgIpc) is 2.47. The van der Waals surface area contributed by atoms with Gasteiger partial charge >= 0.3 is 0 Å². The zero-order valence-electron chi connectivity index (χ0n) is 13.1. The number of hydrogen-bond donors (Lipinski definition) is 0. The van der Waals surface area contributed by atoms with E-state index in [1.54, 1.807) is 5.57 Å². The van der Waals surface area contributed by atoms with Crippen LogP contribution in [-0.2, 0) is 0 Å². The predicted molar refractivity (Wildman–Crippen MR) is 87.4 cm³/mol. The molecule has 108 valence electrons. The second-order valence-corrected chi connectivity index (χ2v) is 5.68. The van der Waals surface area contributed by atoms with Gasteiger partial charge in [0.1, 0.15) is 0 Å². The smallest absolute Gasteiger partial charge is 0.0271 e. The van der Waals surface area contributed by atoms with Crippen molar-refractivity contribution in [2.45, 2.75) is 84.5 Å². The third kappa shape index (κ3) is 7.40. The van der Waals surface area contributed by atoms with Crippen LogP contribution in [0, 0.1) is 0 Å². The molecular weight excluding hydrogens is 228 g/mol. The predicted octanol–water partition coefficient (Wildman–Crippen LogP) is 6.74. The molecule has 0 nitrogen and oxygen atoms in total. The maximum absolute atomic E-state index is 2.40. The molecule has 0 heterocycles. The summed E-state index contributed by atoms with van der Waals surface area (Å²) >= 11 is 0. The second kappa shape index (κ2) is 11.1. The molecule has 0 heteroatoms. The molecule has 0 saturated heterocycles. The van der Waals surface area contributed by atoms with Gasteiger partial charge in [0.25, 0.3) is 0 Å². The minimum Gasteiger partial charge on any atom is -0.0839 e. The lowest BCUT2D eigenvalue weighted by atomic mass is 9.95. The van der Waals surface area contributed by atoms with Crippen LogP contribution >= 0.6 is 0 Å². The number of allylic oxidation sites excluding steroid dienone is 6. The van der Waals surface area contributed by atoms with Gasteiger partial charge in [-0.05, 0) is 43.8 Å². The summed E-state index contributed by atoms with van der Waals surface area (Å²) in [6, 6.07) is 0. The van der Waals surface area contributed by atoms with Crippen molar-refractivity contribution >= 4 is 0 Å². The SMILES string of the molecule is C/C=C(\CCCCCCCCCC)C1=CCCC=C1. The van der Waals surface area contributed by atoms with E-state index >= 15 is 0 Å². The van der Waals surface area contributed by atoms with Gasteiger partial charge in [-0.3, -0.25) is 0 Å².